The van der Waals surface area contributed by atoms with Gasteiger partial charge in [0.2, 0.25) is 0 Å². The van der Waals surface area contributed by atoms with Gasteiger partial charge >= 0.3 is 0 Å². The fourth-order valence-corrected chi connectivity index (χ4v) is 3.57. The van der Waals surface area contributed by atoms with Gasteiger partial charge in [0.15, 0.2) is 0 Å². The molecule has 19 heavy (non-hydrogen) atoms. The topological polar surface area (TPSA) is 32.7 Å². The minimum Gasteiger partial charge on any atom is -0.487 e. The van der Waals surface area contributed by atoms with Crippen molar-refractivity contribution in [2.75, 3.05) is 19.6 Å². The van der Waals surface area contributed by atoms with Crippen molar-refractivity contribution in [3.63, 3.8) is 0 Å². The van der Waals surface area contributed by atoms with Crippen LogP contribution in [0.3, 0.4) is 0 Å². The Labute approximate surface area is 122 Å². The molecule has 4 heteroatoms. The summed E-state index contributed by atoms with van der Waals surface area (Å²) in [6.07, 6.45) is 2.32. The molecule has 1 spiro atoms. The maximum Gasteiger partial charge on any atom is 0.126 e. The summed E-state index contributed by atoms with van der Waals surface area (Å²) in [5.74, 6) is 0.854. The van der Waals surface area contributed by atoms with Gasteiger partial charge < -0.3 is 14.7 Å². The number of halogens is 1. The lowest BCUT2D eigenvalue weighted by atomic mass is 9.81. The van der Waals surface area contributed by atoms with Gasteiger partial charge in [0, 0.05) is 29.5 Å². The molecule has 104 valence electrons. The van der Waals surface area contributed by atoms with Crippen molar-refractivity contribution < 1.29 is 9.84 Å². The van der Waals surface area contributed by atoms with E-state index in [9.17, 15) is 5.11 Å². The average molecular weight is 326 g/mol. The highest BCUT2D eigenvalue weighted by Gasteiger charge is 2.42. The quantitative estimate of drug-likeness (QED) is 0.861. The first-order chi connectivity index (χ1) is 9.12. The summed E-state index contributed by atoms with van der Waals surface area (Å²) in [5.41, 5.74) is 0.754. The third kappa shape index (κ3) is 2.54. The Kier molecular flexibility index (Phi) is 3.58. The van der Waals surface area contributed by atoms with Crippen LogP contribution in [0.15, 0.2) is 22.7 Å². The highest BCUT2D eigenvalue weighted by atomic mass is 79.9. The molecule has 3 rings (SSSR count). The van der Waals surface area contributed by atoms with Gasteiger partial charge in [-0.2, -0.15) is 0 Å². The summed E-state index contributed by atoms with van der Waals surface area (Å²) in [7, 11) is 0. The molecule has 1 fully saturated rings. The number of piperidine rings is 1. The highest BCUT2D eigenvalue weighted by molar-refractivity contribution is 9.10. The molecule has 1 aromatic carbocycles. The molecule has 2 aliphatic heterocycles. The second-order valence-electron chi connectivity index (χ2n) is 5.62. The van der Waals surface area contributed by atoms with E-state index in [-0.39, 0.29) is 5.60 Å². The second-order valence-corrected chi connectivity index (χ2v) is 6.54. The van der Waals surface area contributed by atoms with Crippen LogP contribution in [0.5, 0.6) is 5.75 Å². The van der Waals surface area contributed by atoms with Crippen LogP contribution in [0.4, 0.5) is 0 Å². The molecular weight excluding hydrogens is 306 g/mol. The van der Waals surface area contributed by atoms with Crippen LogP contribution in [-0.4, -0.2) is 35.2 Å². The number of aliphatic hydroxyl groups is 1. The number of hydrogen-bond donors (Lipinski definition) is 1. The molecule has 0 bridgehead atoms. The summed E-state index contributed by atoms with van der Waals surface area (Å²) in [6, 6.07) is 5.91. The first-order valence-corrected chi connectivity index (χ1v) is 7.80. The van der Waals surface area contributed by atoms with E-state index >= 15 is 0 Å². The van der Waals surface area contributed by atoms with Crippen LogP contribution >= 0.6 is 15.9 Å². The largest absolute Gasteiger partial charge is 0.487 e. The summed E-state index contributed by atoms with van der Waals surface area (Å²) in [6.45, 7) is 5.42. The minimum atomic E-state index is -0.408. The Morgan fingerprint density at radius 1 is 1.42 bits per heavy atom. The average Bonchev–Trinajstić information content (AvgIpc) is 2.41. The van der Waals surface area contributed by atoms with Crippen LogP contribution in [-0.2, 0) is 0 Å². The van der Waals surface area contributed by atoms with Crippen molar-refractivity contribution in [2.24, 2.45) is 0 Å². The molecule has 0 radical (unpaired) electrons. The van der Waals surface area contributed by atoms with Crippen molar-refractivity contribution in [1.82, 2.24) is 4.90 Å². The molecule has 0 saturated carbocycles. The summed E-state index contributed by atoms with van der Waals surface area (Å²) in [4.78, 5) is 2.44. The lowest BCUT2D eigenvalue weighted by Crippen LogP contribution is -2.50. The van der Waals surface area contributed by atoms with E-state index in [1.807, 2.05) is 18.2 Å². The van der Waals surface area contributed by atoms with Crippen LogP contribution in [0.1, 0.15) is 37.9 Å². The molecule has 0 aliphatic carbocycles. The number of rotatable bonds is 1. The van der Waals surface area contributed by atoms with Crippen LogP contribution in [0, 0.1) is 0 Å². The molecule has 0 unspecified atom stereocenters. The molecule has 0 aromatic heterocycles. The number of likely N-dealkylation sites (tertiary alicyclic amines) is 1. The fraction of sp³-hybridized carbons (Fsp3) is 0.600. The number of aliphatic hydroxyl groups excluding tert-OH is 1. The zero-order chi connectivity index (χ0) is 13.5. The van der Waals surface area contributed by atoms with Crippen LogP contribution in [0.25, 0.3) is 0 Å². The second kappa shape index (κ2) is 5.08. The van der Waals surface area contributed by atoms with Gasteiger partial charge in [0.05, 0.1) is 6.10 Å². The predicted octanol–water partition coefficient (Wildman–Crippen LogP) is 3.12. The zero-order valence-electron chi connectivity index (χ0n) is 11.2. The fourth-order valence-electron chi connectivity index (χ4n) is 3.19. The van der Waals surface area contributed by atoms with Gasteiger partial charge in [-0.3, -0.25) is 0 Å². The summed E-state index contributed by atoms with van der Waals surface area (Å²) in [5, 5.41) is 10.4. The maximum absolute atomic E-state index is 10.4. The molecule has 1 aromatic rings. The normalized spacial score (nSPS) is 25.9. The summed E-state index contributed by atoms with van der Waals surface area (Å²) < 4.78 is 7.26. The Morgan fingerprint density at radius 3 is 2.84 bits per heavy atom. The Morgan fingerprint density at radius 2 is 2.16 bits per heavy atom. The third-order valence-corrected chi connectivity index (χ3v) is 4.93. The molecule has 3 nitrogen and oxygen atoms in total. The number of ether oxygens (including phenoxy) is 1. The standard InChI is InChI=1S/C15H20BrNO2/c1-2-17-7-5-15(6-8-17)10-13(18)12-9-11(16)3-4-14(12)19-15/h3-4,9,13,18H,2,5-8,10H2,1H3/t13-/m1/s1. The van der Waals surface area contributed by atoms with Crippen molar-refractivity contribution in [2.45, 2.75) is 37.9 Å². The Bertz CT molecular complexity index is 469. The number of fused-ring (bicyclic) bond motifs is 1. The van der Waals surface area contributed by atoms with Crippen LogP contribution < -0.4 is 4.74 Å². The molecular formula is C15H20BrNO2. The summed E-state index contributed by atoms with van der Waals surface area (Å²) >= 11 is 3.45. The first kappa shape index (κ1) is 13.4. The lowest BCUT2D eigenvalue weighted by Gasteiger charge is -2.45. The van der Waals surface area contributed by atoms with Gasteiger partial charge in [0.1, 0.15) is 11.4 Å². The molecule has 2 aliphatic rings. The van der Waals surface area contributed by atoms with Crippen molar-refractivity contribution in [1.29, 1.82) is 0 Å². The molecule has 1 saturated heterocycles. The highest BCUT2D eigenvalue weighted by Crippen LogP contribution is 2.44. The van der Waals surface area contributed by atoms with Crippen LogP contribution in [0.2, 0.25) is 0 Å². The minimum absolute atomic E-state index is 0.161. The molecule has 1 atom stereocenters. The Balaban J connectivity index is 1.83. The molecule has 2 heterocycles. The lowest BCUT2D eigenvalue weighted by molar-refractivity contribution is -0.0531. The smallest absolute Gasteiger partial charge is 0.126 e. The van der Waals surface area contributed by atoms with Crippen molar-refractivity contribution in [3.05, 3.63) is 28.2 Å². The van der Waals surface area contributed by atoms with E-state index in [2.05, 4.69) is 27.8 Å². The number of nitrogens with zero attached hydrogens (tertiary/aromatic N) is 1. The van der Waals surface area contributed by atoms with E-state index in [1.165, 1.54) is 0 Å². The zero-order valence-corrected chi connectivity index (χ0v) is 12.8. The van der Waals surface area contributed by atoms with E-state index in [0.717, 1.165) is 48.3 Å². The van der Waals surface area contributed by atoms with Gasteiger partial charge in [-0.05, 0) is 37.6 Å². The van der Waals surface area contributed by atoms with Crippen molar-refractivity contribution in [3.8, 4) is 5.75 Å². The third-order valence-electron chi connectivity index (χ3n) is 4.44. The number of benzene rings is 1. The SMILES string of the molecule is CCN1CCC2(CC1)C[C@@H](O)c1cc(Br)ccc1O2. The Hall–Kier alpha value is -0.580. The van der Waals surface area contributed by atoms with E-state index in [1.54, 1.807) is 0 Å². The van der Waals surface area contributed by atoms with Gasteiger partial charge in [-0.25, -0.2) is 0 Å². The molecule has 1 N–H and O–H groups in total. The van der Waals surface area contributed by atoms with Gasteiger partial charge in [0.25, 0.3) is 0 Å². The monoisotopic (exact) mass is 325 g/mol. The number of hydrogen-bond acceptors (Lipinski definition) is 3. The first-order valence-electron chi connectivity index (χ1n) is 7.01. The van der Waals surface area contributed by atoms with E-state index in [4.69, 9.17) is 4.74 Å². The van der Waals surface area contributed by atoms with Gasteiger partial charge in [-0.15, -0.1) is 0 Å². The van der Waals surface area contributed by atoms with E-state index in [0.29, 0.717) is 6.42 Å². The van der Waals surface area contributed by atoms with E-state index < -0.39 is 6.10 Å². The predicted molar refractivity (Wildman–Crippen MR) is 78.4 cm³/mol. The maximum atomic E-state index is 10.4. The van der Waals surface area contributed by atoms with Gasteiger partial charge in [-0.1, -0.05) is 22.9 Å². The molecule has 0 amide bonds. The van der Waals surface area contributed by atoms with Crippen molar-refractivity contribution >= 4 is 15.9 Å².